The molecule has 1 heterocycles. The second kappa shape index (κ2) is 19.1. The highest BCUT2D eigenvalue weighted by Gasteiger charge is 2.40. The predicted molar refractivity (Wildman–Crippen MR) is 168 cm³/mol. The summed E-state index contributed by atoms with van der Waals surface area (Å²) >= 11 is 1.37. The quantitative estimate of drug-likeness (QED) is 0.137. The Hall–Kier alpha value is -2.05. The molecule has 224 valence electrons. The molecule has 0 unspecified atom stereocenters. The second-order valence-corrected chi connectivity index (χ2v) is 9.85. The van der Waals surface area contributed by atoms with Gasteiger partial charge in [0.2, 0.25) is 0 Å². The van der Waals surface area contributed by atoms with Gasteiger partial charge in [-0.05, 0) is 82.7 Å². The molecule has 0 bridgehead atoms. The van der Waals surface area contributed by atoms with E-state index in [-0.39, 0.29) is 55.3 Å². The monoisotopic (exact) mass is 636 g/mol. The molecule has 13 heteroatoms. The molecule has 0 saturated heterocycles. The number of ether oxygens (including phenoxy) is 2. The molecule has 1 atom stereocenters. The van der Waals surface area contributed by atoms with Crippen LogP contribution in [0.4, 0.5) is 0 Å². The summed E-state index contributed by atoms with van der Waals surface area (Å²) in [5.41, 5.74) is 6.44. The zero-order valence-corrected chi connectivity index (χ0v) is 25.9. The Morgan fingerprint density at radius 3 is 2.38 bits per heavy atom. The Labute approximate surface area is 258 Å². The Morgan fingerprint density at radius 2 is 1.73 bits per heavy atom. The van der Waals surface area contributed by atoms with Gasteiger partial charge >= 0.3 is 11.9 Å². The fourth-order valence-electron chi connectivity index (χ4n) is 3.63. The molecule has 0 saturated carbocycles. The summed E-state index contributed by atoms with van der Waals surface area (Å²) in [6.45, 7) is 7.96. The van der Waals surface area contributed by atoms with Crippen molar-refractivity contribution in [2.75, 3.05) is 38.5 Å². The maximum atomic E-state index is 12.6. The van der Waals surface area contributed by atoms with Gasteiger partial charge in [-0.3, -0.25) is 4.99 Å². The summed E-state index contributed by atoms with van der Waals surface area (Å²) in [5.74, 6) is -0.349. The molecule has 5 N–H and O–H groups in total. The average Bonchev–Trinajstić information content (AvgIpc) is 3.29. The lowest BCUT2D eigenvalue weighted by molar-refractivity contribution is -0.147. The first-order valence-electron chi connectivity index (χ1n) is 12.5. The first kappa shape index (κ1) is 38.0. The summed E-state index contributed by atoms with van der Waals surface area (Å²) in [6, 6.07) is 11.8. The number of aliphatic imine (C=N–C) groups is 1. The van der Waals surface area contributed by atoms with Crippen molar-refractivity contribution in [1.82, 2.24) is 10.6 Å². The molecule has 0 amide bonds. The molecule has 0 aliphatic carbocycles. The molecule has 0 radical (unpaired) electrons. The first-order chi connectivity index (χ1) is 17.9. The van der Waals surface area contributed by atoms with Crippen LogP contribution in [0.2, 0.25) is 0 Å². The maximum Gasteiger partial charge on any atom is 0.343 e. The fraction of sp³-hybridized carbons (Fsp3) is 0.444. The topological polar surface area (TPSA) is 135 Å². The Bertz CT molecular complexity index is 1110. The van der Waals surface area contributed by atoms with Gasteiger partial charge in [0.25, 0.3) is 0 Å². The minimum Gasteiger partial charge on any atom is -0.507 e. The van der Waals surface area contributed by atoms with Crippen LogP contribution >= 0.6 is 49.0 Å². The van der Waals surface area contributed by atoms with Crippen molar-refractivity contribution < 1.29 is 24.2 Å². The van der Waals surface area contributed by atoms with Crippen LogP contribution < -0.4 is 21.1 Å². The van der Waals surface area contributed by atoms with Crippen molar-refractivity contribution >= 4 is 66.0 Å². The number of rotatable bonds is 14. The van der Waals surface area contributed by atoms with E-state index >= 15 is 0 Å². The third kappa shape index (κ3) is 11.1. The lowest BCUT2D eigenvalue weighted by Gasteiger charge is -2.16. The Kier molecular flexibility index (Phi) is 18.2. The normalized spacial score (nSPS) is 15.6. The lowest BCUT2D eigenvalue weighted by atomic mass is 10.1. The number of hydrogen-bond acceptors (Lipinski definition) is 10. The molecular weight excluding hydrogens is 599 g/mol. The maximum absolute atomic E-state index is 12.6. The van der Waals surface area contributed by atoms with Crippen molar-refractivity contribution in [3.8, 4) is 11.5 Å². The van der Waals surface area contributed by atoms with Gasteiger partial charge in [-0.1, -0.05) is 12.1 Å². The number of thioether (sulfide) groups is 1. The van der Waals surface area contributed by atoms with Gasteiger partial charge in [0.15, 0.2) is 5.54 Å². The molecule has 2 aromatic rings. The number of phenols is 1. The summed E-state index contributed by atoms with van der Waals surface area (Å²) < 4.78 is 10.6. The molecule has 0 spiro atoms. The van der Waals surface area contributed by atoms with E-state index < -0.39 is 17.5 Å². The number of esters is 2. The number of aromatic hydroxyl groups is 1. The molecule has 3 rings (SSSR count). The smallest absolute Gasteiger partial charge is 0.343 e. The van der Waals surface area contributed by atoms with Crippen LogP contribution in [-0.2, 0) is 16.1 Å². The summed E-state index contributed by atoms with van der Waals surface area (Å²) in [6.07, 6.45) is 2.01. The zero-order valence-electron chi connectivity index (χ0n) is 22.6. The molecule has 1 aliphatic rings. The Balaban J connectivity index is 0.00000507. The van der Waals surface area contributed by atoms with E-state index in [0.29, 0.717) is 35.0 Å². The summed E-state index contributed by atoms with van der Waals surface area (Å²) in [7, 11) is 0. The van der Waals surface area contributed by atoms with Crippen LogP contribution in [0.25, 0.3) is 0 Å². The molecule has 2 aromatic carbocycles. The number of carbonyl (C=O) groups excluding carboxylic acids is 2. The number of halogens is 3. The number of hydrogen-bond donors (Lipinski definition) is 4. The van der Waals surface area contributed by atoms with Crippen LogP contribution in [0.1, 0.15) is 48.2 Å². The largest absolute Gasteiger partial charge is 0.507 e. The minimum atomic E-state index is -0.989. The lowest BCUT2D eigenvalue weighted by Crippen LogP contribution is -2.35. The number of nitrogens with zero attached hydrogens (tertiary/aromatic N) is 1. The van der Waals surface area contributed by atoms with Crippen LogP contribution in [0.3, 0.4) is 0 Å². The molecule has 9 nitrogen and oxygen atoms in total. The highest BCUT2D eigenvalue weighted by molar-refractivity contribution is 8.14. The van der Waals surface area contributed by atoms with E-state index in [1.165, 1.54) is 17.8 Å². The zero-order chi connectivity index (χ0) is 26.7. The second-order valence-electron chi connectivity index (χ2n) is 8.89. The van der Waals surface area contributed by atoms with Crippen LogP contribution in [0, 0.1) is 0 Å². The van der Waals surface area contributed by atoms with Crippen LogP contribution in [0.15, 0.2) is 47.5 Å². The fourth-order valence-corrected chi connectivity index (χ4v) is 4.82. The van der Waals surface area contributed by atoms with E-state index in [0.717, 1.165) is 38.0 Å². The van der Waals surface area contributed by atoms with E-state index in [1.54, 1.807) is 38.1 Å². The SMILES string of the molecule is CCOC(=O)[C@@]1(C)CSC(c2ccc(OC(=O)c3ccc(CNCCCNCCCN)cc3)cc2O)=N1.Cl.Cl.Cl. The van der Waals surface area contributed by atoms with E-state index in [9.17, 15) is 14.7 Å². The number of nitrogens with two attached hydrogens (primary N) is 1. The van der Waals surface area contributed by atoms with Gasteiger partial charge in [-0.15, -0.1) is 49.0 Å². The molecule has 0 fully saturated rings. The number of phenolic OH excluding ortho intramolecular Hbond substituents is 1. The molecule has 0 aromatic heterocycles. The molecular formula is C27H39Cl3N4O5S. The van der Waals surface area contributed by atoms with Crippen LogP contribution in [-0.4, -0.2) is 66.2 Å². The highest BCUT2D eigenvalue weighted by Crippen LogP contribution is 2.36. The van der Waals surface area contributed by atoms with Crippen molar-refractivity contribution in [1.29, 1.82) is 0 Å². The predicted octanol–water partition coefficient (Wildman–Crippen LogP) is 4.11. The van der Waals surface area contributed by atoms with Crippen LogP contribution in [0.5, 0.6) is 11.5 Å². The van der Waals surface area contributed by atoms with E-state index in [2.05, 4.69) is 15.6 Å². The van der Waals surface area contributed by atoms with E-state index in [1.807, 2.05) is 12.1 Å². The minimum absolute atomic E-state index is 0. The molecule has 1 aliphatic heterocycles. The van der Waals surface area contributed by atoms with Gasteiger partial charge in [0.05, 0.1) is 12.2 Å². The number of carbonyl (C=O) groups is 2. The van der Waals surface area contributed by atoms with Gasteiger partial charge in [0.1, 0.15) is 16.5 Å². The number of benzene rings is 2. The third-order valence-electron chi connectivity index (χ3n) is 5.75. The van der Waals surface area contributed by atoms with Gasteiger partial charge in [0, 0.05) is 23.9 Å². The van der Waals surface area contributed by atoms with Crippen molar-refractivity contribution in [2.45, 2.75) is 38.8 Å². The Morgan fingerprint density at radius 1 is 1.05 bits per heavy atom. The first-order valence-corrected chi connectivity index (χ1v) is 13.5. The molecule has 40 heavy (non-hydrogen) atoms. The van der Waals surface area contributed by atoms with Gasteiger partial charge in [-0.25, -0.2) is 9.59 Å². The summed E-state index contributed by atoms with van der Waals surface area (Å²) in [4.78, 5) is 29.3. The average molecular weight is 638 g/mol. The van der Waals surface area contributed by atoms with Gasteiger partial charge in [-0.2, -0.15) is 0 Å². The van der Waals surface area contributed by atoms with Gasteiger partial charge < -0.3 is 30.9 Å². The summed E-state index contributed by atoms with van der Waals surface area (Å²) in [5, 5.41) is 17.8. The standard InChI is InChI=1S/C27H36N4O5S.3ClH/c1-3-35-26(34)27(2)18-37-24(31-27)22-11-10-21(16-23(22)32)36-25(33)20-8-6-19(7-9-20)17-30-15-5-14-29-13-4-12-28;;;/h6-11,16,29-30,32H,3-5,12-15,17-18,28H2,1-2H3;3*1H/t27-;;;/m1.../s1. The number of nitrogens with one attached hydrogen (secondary N) is 2. The van der Waals surface area contributed by atoms with Crippen molar-refractivity contribution in [2.24, 2.45) is 10.7 Å². The third-order valence-corrected chi connectivity index (χ3v) is 7.04. The highest BCUT2D eigenvalue weighted by atomic mass is 35.5. The van der Waals surface area contributed by atoms with Crippen molar-refractivity contribution in [3.05, 3.63) is 59.2 Å². The van der Waals surface area contributed by atoms with Crippen molar-refractivity contribution in [3.63, 3.8) is 0 Å². The van der Waals surface area contributed by atoms with E-state index in [4.69, 9.17) is 15.2 Å².